The van der Waals surface area contributed by atoms with Gasteiger partial charge in [0.2, 0.25) is 0 Å². The second-order valence-corrected chi connectivity index (χ2v) is 5.57. The highest BCUT2D eigenvalue weighted by molar-refractivity contribution is 5.98. The first-order valence-electron chi connectivity index (χ1n) is 7.66. The van der Waals surface area contributed by atoms with Crippen molar-refractivity contribution >= 4 is 22.8 Å². The van der Waals surface area contributed by atoms with E-state index in [4.69, 9.17) is 4.74 Å². The number of benzene rings is 2. The number of amides is 1. The summed E-state index contributed by atoms with van der Waals surface area (Å²) in [5.41, 5.74) is 1.93. The summed E-state index contributed by atoms with van der Waals surface area (Å²) in [5.74, 6) is -0.752. The van der Waals surface area contributed by atoms with Crippen LogP contribution in [0.4, 0.5) is 0 Å². The number of aromatic nitrogens is 2. The summed E-state index contributed by atoms with van der Waals surface area (Å²) in [4.78, 5) is 23.8. The molecule has 0 saturated heterocycles. The molecule has 2 aromatic carbocycles. The van der Waals surface area contributed by atoms with Crippen LogP contribution < -0.4 is 10.1 Å². The number of nitrogens with zero attached hydrogens (tertiary/aromatic N) is 1. The quantitative estimate of drug-likeness (QED) is 0.640. The van der Waals surface area contributed by atoms with E-state index in [0.29, 0.717) is 16.9 Å². The van der Waals surface area contributed by atoms with Gasteiger partial charge in [0, 0.05) is 10.9 Å². The lowest BCUT2D eigenvalue weighted by Gasteiger charge is -2.18. The highest BCUT2D eigenvalue weighted by Crippen LogP contribution is 2.23. The summed E-state index contributed by atoms with van der Waals surface area (Å²) in [6, 6.07) is 11.5. The fourth-order valence-corrected chi connectivity index (χ4v) is 2.61. The molecule has 3 rings (SSSR count). The SMILES string of the molecule is COc1cccc(C(CC(=O)O)NC(=O)c2ccc3[nH]ncc3c2)c1. The van der Waals surface area contributed by atoms with Gasteiger partial charge in [-0.05, 0) is 35.9 Å². The van der Waals surface area contributed by atoms with Crippen molar-refractivity contribution < 1.29 is 19.4 Å². The molecule has 1 aromatic heterocycles. The van der Waals surface area contributed by atoms with Gasteiger partial charge in [-0.3, -0.25) is 14.7 Å². The Kier molecular flexibility index (Phi) is 4.65. The number of carboxylic acid groups (broad SMARTS) is 1. The molecule has 3 N–H and O–H groups in total. The average Bonchev–Trinajstić information content (AvgIpc) is 3.08. The predicted molar refractivity (Wildman–Crippen MR) is 91.5 cm³/mol. The Morgan fingerprint density at radius 3 is 2.88 bits per heavy atom. The van der Waals surface area contributed by atoms with Crippen molar-refractivity contribution in [2.24, 2.45) is 0 Å². The molecule has 0 fully saturated rings. The second kappa shape index (κ2) is 7.04. The van der Waals surface area contributed by atoms with Crippen molar-refractivity contribution in [2.75, 3.05) is 7.11 Å². The third-order valence-corrected chi connectivity index (χ3v) is 3.88. The zero-order chi connectivity index (χ0) is 17.8. The predicted octanol–water partition coefficient (Wildman–Crippen LogP) is 2.52. The molecule has 25 heavy (non-hydrogen) atoms. The number of fused-ring (bicyclic) bond motifs is 1. The Hall–Kier alpha value is -3.35. The van der Waals surface area contributed by atoms with Crippen molar-refractivity contribution in [3.8, 4) is 5.75 Å². The van der Waals surface area contributed by atoms with E-state index in [-0.39, 0.29) is 12.3 Å². The number of H-pyrrole nitrogens is 1. The number of aliphatic carboxylic acids is 1. The molecule has 0 saturated carbocycles. The fraction of sp³-hybridized carbons (Fsp3) is 0.167. The van der Waals surface area contributed by atoms with Crippen molar-refractivity contribution in [1.82, 2.24) is 15.5 Å². The molecule has 0 bridgehead atoms. The molecular formula is C18H17N3O4. The number of carbonyl (C=O) groups excluding carboxylic acids is 1. The van der Waals surface area contributed by atoms with E-state index in [9.17, 15) is 14.7 Å². The van der Waals surface area contributed by atoms with Crippen LogP contribution >= 0.6 is 0 Å². The topological polar surface area (TPSA) is 104 Å². The molecule has 7 nitrogen and oxygen atoms in total. The Labute approximate surface area is 143 Å². The van der Waals surface area contributed by atoms with Crippen molar-refractivity contribution in [3.05, 3.63) is 59.8 Å². The van der Waals surface area contributed by atoms with Gasteiger partial charge in [-0.25, -0.2) is 0 Å². The summed E-state index contributed by atoms with van der Waals surface area (Å²) in [7, 11) is 1.53. The molecule has 1 unspecified atom stereocenters. The van der Waals surface area contributed by atoms with Gasteiger partial charge in [0.1, 0.15) is 5.75 Å². The standard InChI is InChI=1S/C18H17N3O4/c1-25-14-4-2-3-11(8-14)16(9-17(22)23)20-18(24)12-5-6-15-13(7-12)10-19-21-15/h2-8,10,16H,9H2,1H3,(H,19,21)(H,20,24)(H,22,23). The van der Waals surface area contributed by atoms with Gasteiger partial charge in [-0.1, -0.05) is 12.1 Å². The monoisotopic (exact) mass is 339 g/mol. The molecule has 1 atom stereocenters. The summed E-state index contributed by atoms with van der Waals surface area (Å²) in [6.45, 7) is 0. The molecule has 0 radical (unpaired) electrons. The summed E-state index contributed by atoms with van der Waals surface area (Å²) in [5, 5.41) is 19.5. The lowest BCUT2D eigenvalue weighted by Crippen LogP contribution is -2.30. The highest BCUT2D eigenvalue weighted by atomic mass is 16.5. The summed E-state index contributed by atoms with van der Waals surface area (Å²) in [6.07, 6.45) is 1.40. The molecule has 1 heterocycles. The maximum atomic E-state index is 12.6. The molecule has 0 spiro atoms. The van der Waals surface area contributed by atoms with E-state index in [2.05, 4.69) is 15.5 Å². The molecule has 128 valence electrons. The maximum absolute atomic E-state index is 12.6. The van der Waals surface area contributed by atoms with E-state index in [1.165, 1.54) is 7.11 Å². The number of methoxy groups -OCH3 is 1. The highest BCUT2D eigenvalue weighted by Gasteiger charge is 2.19. The largest absolute Gasteiger partial charge is 0.497 e. The fourth-order valence-electron chi connectivity index (χ4n) is 2.61. The average molecular weight is 339 g/mol. The van der Waals surface area contributed by atoms with Crippen LogP contribution in [0.15, 0.2) is 48.7 Å². The van der Waals surface area contributed by atoms with E-state index in [1.807, 2.05) is 0 Å². The van der Waals surface area contributed by atoms with Gasteiger partial charge in [0.05, 0.1) is 31.3 Å². The number of carbonyl (C=O) groups is 2. The number of rotatable bonds is 6. The first-order valence-corrected chi connectivity index (χ1v) is 7.66. The van der Waals surface area contributed by atoms with E-state index >= 15 is 0 Å². The number of ether oxygens (including phenoxy) is 1. The second-order valence-electron chi connectivity index (χ2n) is 5.57. The first-order chi connectivity index (χ1) is 12.1. The van der Waals surface area contributed by atoms with Gasteiger partial charge < -0.3 is 15.2 Å². The van der Waals surface area contributed by atoms with Crippen LogP contribution in [0.1, 0.15) is 28.4 Å². The van der Waals surface area contributed by atoms with Gasteiger partial charge >= 0.3 is 5.97 Å². The van der Waals surface area contributed by atoms with Crippen molar-refractivity contribution in [2.45, 2.75) is 12.5 Å². The zero-order valence-corrected chi connectivity index (χ0v) is 13.5. The Balaban J connectivity index is 1.85. The van der Waals surface area contributed by atoms with Crippen LogP contribution in [0.25, 0.3) is 10.9 Å². The number of hydrogen-bond acceptors (Lipinski definition) is 4. The van der Waals surface area contributed by atoms with Crippen LogP contribution in [0.3, 0.4) is 0 Å². The number of hydrogen-bond donors (Lipinski definition) is 3. The number of aromatic amines is 1. The van der Waals surface area contributed by atoms with Gasteiger partial charge in [0.15, 0.2) is 0 Å². The third-order valence-electron chi connectivity index (χ3n) is 3.88. The van der Waals surface area contributed by atoms with Gasteiger partial charge in [-0.15, -0.1) is 0 Å². The van der Waals surface area contributed by atoms with Crippen molar-refractivity contribution in [1.29, 1.82) is 0 Å². The molecule has 7 heteroatoms. The Morgan fingerprint density at radius 2 is 2.12 bits per heavy atom. The number of carboxylic acids is 1. The molecule has 1 amide bonds. The van der Waals surface area contributed by atoms with Crippen LogP contribution in [0, 0.1) is 0 Å². The van der Waals surface area contributed by atoms with Crippen LogP contribution in [0.2, 0.25) is 0 Å². The molecular weight excluding hydrogens is 322 g/mol. The smallest absolute Gasteiger partial charge is 0.305 e. The maximum Gasteiger partial charge on any atom is 0.305 e. The zero-order valence-electron chi connectivity index (χ0n) is 13.5. The van der Waals surface area contributed by atoms with Gasteiger partial charge in [-0.2, -0.15) is 5.10 Å². The van der Waals surface area contributed by atoms with Crippen LogP contribution in [-0.2, 0) is 4.79 Å². The first kappa shape index (κ1) is 16.5. The van der Waals surface area contributed by atoms with E-state index < -0.39 is 12.0 Å². The minimum atomic E-state index is -1.00. The van der Waals surface area contributed by atoms with Gasteiger partial charge in [0.25, 0.3) is 5.91 Å². The minimum absolute atomic E-state index is 0.229. The molecule has 0 aliphatic rings. The van der Waals surface area contributed by atoms with Crippen molar-refractivity contribution in [3.63, 3.8) is 0 Å². The summed E-state index contributed by atoms with van der Waals surface area (Å²) >= 11 is 0. The lowest BCUT2D eigenvalue weighted by atomic mass is 10.0. The number of nitrogens with one attached hydrogen (secondary N) is 2. The normalized spacial score (nSPS) is 11.9. The Bertz CT molecular complexity index is 919. The lowest BCUT2D eigenvalue weighted by molar-refractivity contribution is -0.137. The summed E-state index contributed by atoms with van der Waals surface area (Å²) < 4.78 is 5.17. The molecule has 3 aromatic rings. The molecule has 0 aliphatic heterocycles. The minimum Gasteiger partial charge on any atom is -0.497 e. The third kappa shape index (κ3) is 3.77. The van der Waals surface area contributed by atoms with Crippen LogP contribution in [0.5, 0.6) is 5.75 Å². The van der Waals surface area contributed by atoms with E-state index in [0.717, 1.165) is 10.9 Å². The molecule has 0 aliphatic carbocycles. The van der Waals surface area contributed by atoms with E-state index in [1.54, 1.807) is 48.7 Å². The van der Waals surface area contributed by atoms with Crippen LogP contribution in [-0.4, -0.2) is 34.3 Å². The Morgan fingerprint density at radius 1 is 1.28 bits per heavy atom.